The van der Waals surface area contributed by atoms with Crippen molar-refractivity contribution < 1.29 is 75.4 Å². The standard InChI is InChI=1S/C75H110ClF3N12O13/c1-14-49(5)64(82-60(92)35-26-47(2)3)71(101)86(10)45-63(95)87(11)59-46-104-40-21-15-20-38-91(70(59)100)58(42-51-29-27-48(4)28-30-51)69(99)85(9)44-62(94)81-55(34-32-50-31-33-53(54(76)41-50)75(77,78)79)67(97)90-39-22-25-56(90)66(96)83-74(36-18-19-37-74)73(103)89(13)65(52-23-16-17-24-52)72(102)88(12)57(43-61(93)80-6)68(98)84(7)8/h15,21,27-31,33,41,47,49,52,55-59,64-65H,14,16-20,22-26,32,34-40,42-46H2,1-13H3,(H,80,93)(H,81,94)(H,82,92)(H,83,96)/b21-15-/t49-,55-,56-,57-,58-,59-,64-,65-/m0/s1. The van der Waals surface area contributed by atoms with E-state index in [0.717, 1.165) is 35.4 Å². The second-order valence-corrected chi connectivity index (χ2v) is 29.6. The topological polar surface area (TPSA) is 288 Å². The molecule has 2 aliphatic heterocycles. The van der Waals surface area contributed by atoms with Crippen LogP contribution in [0.4, 0.5) is 13.2 Å². The molecular formula is C75H110ClF3N12O13. The van der Waals surface area contributed by atoms with Gasteiger partial charge in [0.05, 0.1) is 43.3 Å². The lowest BCUT2D eigenvalue weighted by Gasteiger charge is -2.41. The highest BCUT2D eigenvalue weighted by molar-refractivity contribution is 6.31. The quantitative estimate of drug-likeness (QED) is 0.0660. The molecule has 25 nitrogen and oxygen atoms in total. The molecule has 2 aliphatic carbocycles. The van der Waals surface area contributed by atoms with Crippen molar-refractivity contribution in [3.05, 3.63) is 81.9 Å². The Hall–Kier alpha value is -8.14. The Labute approximate surface area is 615 Å². The number of nitrogens with zero attached hydrogens (tertiary/aromatic N) is 8. The largest absolute Gasteiger partial charge is 0.417 e. The number of aryl methyl sites for hydroxylation is 2. The number of carbonyl (C=O) groups excluding carboxylic acids is 12. The first-order valence-corrected chi connectivity index (χ1v) is 36.8. The van der Waals surface area contributed by atoms with Crippen LogP contribution in [0.1, 0.15) is 153 Å². The first-order valence-electron chi connectivity index (χ1n) is 36.4. The fourth-order valence-electron chi connectivity index (χ4n) is 14.3. The third-order valence-electron chi connectivity index (χ3n) is 20.9. The van der Waals surface area contributed by atoms with E-state index in [1.165, 1.54) is 96.7 Å². The highest BCUT2D eigenvalue weighted by atomic mass is 35.5. The number of amides is 12. The van der Waals surface area contributed by atoms with Gasteiger partial charge in [0, 0.05) is 82.3 Å². The van der Waals surface area contributed by atoms with E-state index in [4.69, 9.17) is 16.3 Å². The highest BCUT2D eigenvalue weighted by Gasteiger charge is 2.51. The average molecular weight is 1480 g/mol. The molecule has 8 atom stereocenters. The van der Waals surface area contributed by atoms with Gasteiger partial charge in [-0.25, -0.2) is 0 Å². The summed E-state index contributed by atoms with van der Waals surface area (Å²) in [4.78, 5) is 184. The molecule has 6 rings (SSSR count). The highest BCUT2D eigenvalue weighted by Crippen LogP contribution is 2.38. The molecule has 0 spiro atoms. The number of hydrogen-bond donors (Lipinski definition) is 4. The summed E-state index contributed by atoms with van der Waals surface area (Å²) in [5.41, 5.74) is -0.802. The van der Waals surface area contributed by atoms with Crippen LogP contribution in [0.25, 0.3) is 0 Å². The van der Waals surface area contributed by atoms with Crippen molar-refractivity contribution in [2.24, 2.45) is 17.8 Å². The number of hydrogen-bond acceptors (Lipinski definition) is 13. The summed E-state index contributed by atoms with van der Waals surface area (Å²) in [5, 5.41) is 10.6. The van der Waals surface area contributed by atoms with Gasteiger partial charge >= 0.3 is 6.18 Å². The van der Waals surface area contributed by atoms with Crippen LogP contribution in [-0.2, 0) is 81.3 Å². The van der Waals surface area contributed by atoms with Gasteiger partial charge < -0.3 is 65.2 Å². The second-order valence-electron chi connectivity index (χ2n) is 29.2. The van der Waals surface area contributed by atoms with Crippen molar-refractivity contribution in [3.63, 3.8) is 0 Å². The van der Waals surface area contributed by atoms with Crippen molar-refractivity contribution in [3.8, 4) is 0 Å². The molecule has 0 aromatic heterocycles. The smallest absolute Gasteiger partial charge is 0.375 e. The van der Waals surface area contributed by atoms with E-state index in [0.29, 0.717) is 50.5 Å². The minimum Gasteiger partial charge on any atom is -0.375 e. The van der Waals surface area contributed by atoms with Gasteiger partial charge in [-0.2, -0.15) is 13.2 Å². The first-order chi connectivity index (χ1) is 49.0. The number of likely N-dealkylation sites (N-methyl/N-ethyl adjacent to an activating group) is 6. The molecule has 2 saturated carbocycles. The number of nitrogens with one attached hydrogen (secondary N) is 4. The zero-order valence-electron chi connectivity index (χ0n) is 62.8. The van der Waals surface area contributed by atoms with Crippen molar-refractivity contribution >= 4 is 82.5 Å². The van der Waals surface area contributed by atoms with Gasteiger partial charge in [-0.15, -0.1) is 0 Å². The van der Waals surface area contributed by atoms with Crippen LogP contribution in [-0.4, -0.2) is 254 Å². The molecule has 104 heavy (non-hydrogen) atoms. The van der Waals surface area contributed by atoms with Gasteiger partial charge in [0.15, 0.2) is 0 Å². The fraction of sp³-hybridized carbons (Fsp3) is 0.653. The van der Waals surface area contributed by atoms with Crippen LogP contribution >= 0.6 is 11.6 Å². The van der Waals surface area contributed by atoms with Crippen molar-refractivity contribution in [2.45, 2.75) is 204 Å². The molecule has 2 aromatic rings. The van der Waals surface area contributed by atoms with E-state index in [1.807, 2.05) is 46.8 Å². The van der Waals surface area contributed by atoms with E-state index in [1.54, 1.807) is 24.3 Å². The summed E-state index contributed by atoms with van der Waals surface area (Å²) < 4.78 is 47.8. The Balaban J connectivity index is 1.28. The van der Waals surface area contributed by atoms with Gasteiger partial charge in [-0.05, 0) is 112 Å². The summed E-state index contributed by atoms with van der Waals surface area (Å²) >= 11 is 6.18. The second kappa shape index (κ2) is 38.7. The molecule has 12 amide bonds. The molecule has 3 fully saturated rings. The van der Waals surface area contributed by atoms with Gasteiger partial charge in [0.25, 0.3) is 0 Å². The molecule has 2 aromatic carbocycles. The summed E-state index contributed by atoms with van der Waals surface area (Å²) in [6.45, 7) is 8.14. The van der Waals surface area contributed by atoms with Crippen LogP contribution in [0.2, 0.25) is 5.02 Å². The Morgan fingerprint density at radius 1 is 0.731 bits per heavy atom. The van der Waals surface area contributed by atoms with E-state index < -0.39 is 143 Å². The molecule has 0 bridgehead atoms. The average Bonchev–Trinajstić information content (AvgIpc) is 1.48. The Bertz CT molecular complexity index is 3400. The van der Waals surface area contributed by atoms with Gasteiger partial charge in [0.2, 0.25) is 70.9 Å². The summed E-state index contributed by atoms with van der Waals surface area (Å²) in [7, 11) is 11.6. The Morgan fingerprint density at radius 2 is 1.38 bits per heavy atom. The van der Waals surface area contributed by atoms with E-state index in [2.05, 4.69) is 21.3 Å². The monoisotopic (exact) mass is 1480 g/mol. The number of rotatable bonds is 31. The van der Waals surface area contributed by atoms with Crippen LogP contribution in [0.3, 0.4) is 0 Å². The maximum absolute atomic E-state index is 15.4. The van der Waals surface area contributed by atoms with Crippen LogP contribution in [0, 0.1) is 24.7 Å². The molecule has 1 saturated heterocycles. The summed E-state index contributed by atoms with van der Waals surface area (Å²) in [6, 6.07) is 1.84. The first kappa shape index (κ1) is 84.8. The van der Waals surface area contributed by atoms with Crippen LogP contribution in [0.15, 0.2) is 54.6 Å². The molecule has 0 unspecified atom stereocenters. The zero-order valence-corrected chi connectivity index (χ0v) is 63.6. The molecule has 2 heterocycles. The van der Waals surface area contributed by atoms with E-state index >= 15 is 24.0 Å². The minimum absolute atomic E-state index is 0.0144. The molecule has 4 aliphatic rings. The lowest BCUT2D eigenvalue weighted by atomic mass is 9.90. The molecule has 576 valence electrons. The molecule has 4 N–H and O–H groups in total. The molecule has 0 radical (unpaired) electrons. The van der Waals surface area contributed by atoms with E-state index in [-0.39, 0.29) is 113 Å². The zero-order chi connectivity index (χ0) is 77.1. The maximum atomic E-state index is 15.4. The maximum Gasteiger partial charge on any atom is 0.417 e. The number of alkyl halides is 3. The number of halogens is 4. The third-order valence-corrected chi connectivity index (χ3v) is 21.2. The van der Waals surface area contributed by atoms with Crippen molar-refractivity contribution in [1.29, 1.82) is 0 Å². The SMILES string of the molecule is CC[C@H](C)[C@H](NC(=O)CCC(C)C)C(=O)N(C)CC(=O)N(C)[C@H]1COC/C=C\CCN([C@@H](Cc2ccc(C)cc2)C(=O)N(C)CC(=O)N[C@@H](CCc2ccc(C(F)(F)F)c(Cl)c2)C(=O)N2CCC[C@H]2C(=O)NC2(C(=O)N(C)[C@H](C(=O)N(C)[C@@H](CC(=O)NC)C(=O)N(C)C)C3CCCC3)CCCC2)C1=O. The third kappa shape index (κ3) is 22.5. The Morgan fingerprint density at radius 3 is 1.98 bits per heavy atom. The number of ether oxygens (including phenoxy) is 1. The predicted molar refractivity (Wildman–Crippen MR) is 385 cm³/mol. The van der Waals surface area contributed by atoms with Gasteiger partial charge in [0.1, 0.15) is 47.8 Å². The molecule has 29 heteroatoms. The number of carbonyl (C=O) groups is 12. The number of likely N-dealkylation sites (tertiary alicyclic amines) is 1. The normalized spacial score (nSPS) is 19.1. The van der Waals surface area contributed by atoms with Crippen LogP contribution in [0.5, 0.6) is 0 Å². The lowest BCUT2D eigenvalue weighted by molar-refractivity contribution is -0.155. The molecular weight excluding hydrogens is 1370 g/mol. The summed E-state index contributed by atoms with van der Waals surface area (Å²) in [5.74, 6) is -7.53. The van der Waals surface area contributed by atoms with E-state index in [9.17, 15) is 46.7 Å². The van der Waals surface area contributed by atoms with Crippen molar-refractivity contribution in [2.75, 3.05) is 95.8 Å². The fourth-order valence-corrected chi connectivity index (χ4v) is 14.6. The van der Waals surface area contributed by atoms with Crippen LogP contribution < -0.4 is 21.3 Å². The lowest BCUT2D eigenvalue weighted by Crippen LogP contribution is -2.65. The Kier molecular flexibility index (Phi) is 31.6. The van der Waals surface area contributed by atoms with Gasteiger partial charge in [-0.1, -0.05) is 119 Å². The minimum atomic E-state index is -4.78. The van der Waals surface area contributed by atoms with Crippen molar-refractivity contribution in [1.82, 2.24) is 60.5 Å². The predicted octanol–water partition coefficient (Wildman–Crippen LogP) is 5.70. The van der Waals surface area contributed by atoms with Gasteiger partial charge in [-0.3, -0.25) is 57.5 Å². The summed E-state index contributed by atoms with van der Waals surface area (Å²) in [6.07, 6.45) is 4.22. The number of benzene rings is 2.